The minimum atomic E-state index is -1.91. The number of carbonyl (C=O) groups is 15. The van der Waals surface area contributed by atoms with Gasteiger partial charge in [-0.05, 0) is 183 Å². The first-order chi connectivity index (χ1) is 61.5. The number of aryl methyl sites for hydroxylation is 1. The predicted molar refractivity (Wildman–Crippen MR) is 501 cm³/mol. The number of rotatable bonds is 47. The van der Waals surface area contributed by atoms with Crippen LogP contribution in [0, 0.1) is 5.92 Å². The van der Waals surface area contributed by atoms with Crippen molar-refractivity contribution in [3.63, 3.8) is 0 Å². The van der Waals surface area contributed by atoms with Crippen molar-refractivity contribution < 1.29 is 81.8 Å². The average Bonchev–Trinajstić information content (AvgIpc) is 1.39. The molecule has 2 heterocycles. The number of benzene rings is 4. The minimum Gasteiger partial charge on any atom is -0.492 e. The number of hydrogen-bond acceptors (Lipinski definition) is 23. The van der Waals surface area contributed by atoms with Gasteiger partial charge < -0.3 is 118 Å². The zero-order valence-corrected chi connectivity index (χ0v) is 78.5. The number of nitrogens with one attached hydrogen (secondary N) is 15. The van der Waals surface area contributed by atoms with E-state index >= 15 is 28.8 Å². The summed E-state index contributed by atoms with van der Waals surface area (Å²) in [4.78, 5) is 221. The van der Waals surface area contributed by atoms with E-state index in [1.807, 2.05) is 55.5 Å². The third-order valence-electron chi connectivity index (χ3n) is 22.3. The van der Waals surface area contributed by atoms with E-state index in [4.69, 9.17) is 33.4 Å². The molecule has 0 aliphatic carbocycles. The second kappa shape index (κ2) is 52.8. The number of hydrogen-bond donors (Lipinski definition) is 21. The van der Waals surface area contributed by atoms with Crippen LogP contribution < -0.4 is 108 Å². The Morgan fingerprint density at radius 3 is 1.82 bits per heavy atom. The number of carbonyl (C=O) groups excluding carboxylic acids is 15. The highest BCUT2D eigenvalue weighted by Crippen LogP contribution is 2.47. The van der Waals surface area contributed by atoms with Crippen molar-refractivity contribution >= 4 is 132 Å². The van der Waals surface area contributed by atoms with Gasteiger partial charge in [0, 0.05) is 105 Å². The number of nitrogens with two attached hydrogens (primary N) is 5. The molecule has 0 radical (unpaired) electrons. The van der Waals surface area contributed by atoms with Crippen molar-refractivity contribution in [1.82, 2.24) is 79.4 Å². The van der Waals surface area contributed by atoms with Crippen LogP contribution in [0.25, 0.3) is 21.7 Å². The molecule has 0 spiro atoms. The molecule has 716 valence electrons. The molecule has 1 aliphatic rings. The number of fused-ring (bicyclic) bond motifs is 2. The lowest BCUT2D eigenvalue weighted by molar-refractivity contribution is -0.138. The van der Waals surface area contributed by atoms with Crippen molar-refractivity contribution in [2.75, 3.05) is 45.9 Å². The van der Waals surface area contributed by atoms with Crippen LogP contribution in [0.1, 0.15) is 189 Å². The van der Waals surface area contributed by atoms with Gasteiger partial charge in [0.05, 0.1) is 18.6 Å². The fourth-order valence-corrected chi connectivity index (χ4v) is 18.0. The van der Waals surface area contributed by atoms with Crippen LogP contribution in [0.3, 0.4) is 0 Å². The summed E-state index contributed by atoms with van der Waals surface area (Å²) in [5.41, 5.74) is 30.5. The van der Waals surface area contributed by atoms with E-state index in [1.165, 1.54) is 27.7 Å². The van der Waals surface area contributed by atoms with E-state index in [0.29, 0.717) is 66.5 Å². The van der Waals surface area contributed by atoms with E-state index in [0.717, 1.165) is 56.8 Å². The van der Waals surface area contributed by atoms with Crippen molar-refractivity contribution in [3.8, 4) is 5.75 Å². The fourth-order valence-electron chi connectivity index (χ4n) is 15.2. The first-order valence-electron chi connectivity index (χ1n) is 44.5. The summed E-state index contributed by atoms with van der Waals surface area (Å²) in [6.07, 6.45) is 1.20. The largest absolute Gasteiger partial charge is 0.492 e. The molecule has 6 rings (SSSR count). The zero-order valence-electron chi connectivity index (χ0n) is 76.8. The van der Waals surface area contributed by atoms with Crippen LogP contribution in [0.2, 0.25) is 0 Å². The number of aliphatic hydroxyl groups excluding tert-OH is 1. The number of aromatic nitrogens is 1. The zero-order chi connectivity index (χ0) is 96.2. The Labute approximate surface area is 768 Å². The van der Waals surface area contributed by atoms with Crippen LogP contribution in [0.15, 0.2) is 91.1 Å². The Bertz CT molecular complexity index is 4690. The van der Waals surface area contributed by atoms with E-state index in [9.17, 15) is 48.3 Å². The second-order valence-electron chi connectivity index (χ2n) is 35.0. The molecule has 39 heteroatoms. The normalized spacial score (nSPS) is 19.4. The van der Waals surface area contributed by atoms with E-state index in [2.05, 4.69) is 93.3 Å². The van der Waals surface area contributed by atoms with Crippen LogP contribution in [0.5, 0.6) is 5.75 Å². The summed E-state index contributed by atoms with van der Waals surface area (Å²) in [5, 5.41) is 53.0. The van der Waals surface area contributed by atoms with Gasteiger partial charge in [0.25, 0.3) is 0 Å². The molecule has 1 aliphatic heterocycles. The van der Waals surface area contributed by atoms with Gasteiger partial charge >= 0.3 is 0 Å². The van der Waals surface area contributed by atoms with Gasteiger partial charge in [0.1, 0.15) is 72.3 Å². The Morgan fingerprint density at radius 1 is 0.577 bits per heavy atom. The summed E-state index contributed by atoms with van der Waals surface area (Å²) >= 11 is 0. The summed E-state index contributed by atoms with van der Waals surface area (Å²) < 4.78 is 2.65. The average molecular weight is 1850 g/mol. The van der Waals surface area contributed by atoms with Gasteiger partial charge in [-0.1, -0.05) is 115 Å². The Hall–Kier alpha value is -11.0. The lowest BCUT2D eigenvalue weighted by Crippen LogP contribution is -2.65. The monoisotopic (exact) mass is 1850 g/mol. The smallest absolute Gasteiger partial charge is 0.246 e. The Kier molecular flexibility index (Phi) is 43.8. The first kappa shape index (κ1) is 108. The van der Waals surface area contributed by atoms with E-state index in [-0.39, 0.29) is 127 Å². The highest BCUT2D eigenvalue weighted by Gasteiger charge is 2.47. The molecule has 1 saturated heterocycles. The van der Waals surface area contributed by atoms with E-state index in [1.54, 1.807) is 70.3 Å². The third kappa shape index (κ3) is 35.0. The van der Waals surface area contributed by atoms with Crippen molar-refractivity contribution in [3.05, 3.63) is 113 Å². The van der Waals surface area contributed by atoms with Gasteiger partial charge in [0.2, 0.25) is 88.6 Å². The van der Waals surface area contributed by atoms with Crippen LogP contribution in [0.4, 0.5) is 0 Å². The molecule has 0 unspecified atom stereocenters. The van der Waals surface area contributed by atoms with Crippen LogP contribution in [-0.2, 0) is 97.6 Å². The number of H-pyrrole nitrogens is 1. The van der Waals surface area contributed by atoms with E-state index < -0.39 is 165 Å². The molecule has 1 aromatic heterocycles. The summed E-state index contributed by atoms with van der Waals surface area (Å²) in [5.74, 6) is -12.3. The second-order valence-corrected chi connectivity index (χ2v) is 38.4. The third-order valence-corrected chi connectivity index (χ3v) is 26.5. The maximum Gasteiger partial charge on any atom is 0.246 e. The molecule has 26 N–H and O–H groups in total. The van der Waals surface area contributed by atoms with Gasteiger partial charge in [-0.25, -0.2) is 0 Å². The fraction of sp³-hybridized carbons (Fsp3) is 0.571. The number of aliphatic hydroxyl groups is 1. The molecule has 37 nitrogen and oxygen atoms in total. The van der Waals surface area contributed by atoms with Crippen LogP contribution in [-0.4, -0.2) is 232 Å². The number of ether oxygens (including phenoxy) is 1. The number of primary amides is 2. The number of para-hydroxylation sites is 1. The Balaban J connectivity index is 1.54. The SMILES string of the molecule is CCc1cccc2c(C[C@@H]3NC(=O)[C@H]([C@@H](C)O)NC(=O)[C@H](CC(N)=O)NC(=O)[C@@H](NC(C)=O)C(C)(C)SSC(C)(C)[C@@H](C(=O)N[C@@H](Cc4ccc(OCCN)cc4)C(=O)N[C@@H](Cc4ccc5ccccc5c4)C(=O)N[C@@](C)(CCCCN)C(=O)N[C@@H](CCCCNC(C)=O)C(=O)N[C@H](CN[C@@H](CCN)CC(C)C)CC(N)=O)NC(=O)[C@H](CCCCNC(C)=O)NC3=O)c[nH]c12. The molecule has 0 bridgehead atoms. The molecule has 13 atom stereocenters. The van der Waals surface area contributed by atoms with Crippen molar-refractivity contribution in [2.24, 2.45) is 34.6 Å². The number of aromatic amines is 1. The molecule has 5 aromatic rings. The number of amides is 15. The lowest BCUT2D eigenvalue weighted by Gasteiger charge is -2.39. The summed E-state index contributed by atoms with van der Waals surface area (Å²) in [6, 6.07) is 8.77. The van der Waals surface area contributed by atoms with Gasteiger partial charge in [-0.2, -0.15) is 0 Å². The maximum atomic E-state index is 16.4. The molecule has 130 heavy (non-hydrogen) atoms. The maximum absolute atomic E-state index is 16.4. The van der Waals surface area contributed by atoms with Crippen molar-refractivity contribution in [2.45, 2.75) is 280 Å². The first-order valence-corrected chi connectivity index (χ1v) is 46.7. The summed E-state index contributed by atoms with van der Waals surface area (Å²) in [6.45, 7) is 20.0. The van der Waals surface area contributed by atoms with Gasteiger partial charge in [-0.3, -0.25) is 71.9 Å². The highest BCUT2D eigenvalue weighted by molar-refractivity contribution is 8.77. The lowest BCUT2D eigenvalue weighted by atomic mass is 9.91. The van der Waals surface area contributed by atoms with Crippen LogP contribution >= 0.6 is 21.6 Å². The molecule has 0 saturated carbocycles. The quantitative estimate of drug-likeness (QED) is 0.0192. The van der Waals surface area contributed by atoms with Gasteiger partial charge in [0.15, 0.2) is 0 Å². The predicted octanol–water partition coefficient (Wildman–Crippen LogP) is 1.17. The molecule has 15 amide bonds. The molecular weight excluding hydrogens is 1710 g/mol. The minimum absolute atomic E-state index is 0.0125. The summed E-state index contributed by atoms with van der Waals surface area (Å²) in [7, 11) is 1.86. The number of unbranched alkanes of at least 4 members (excludes halogenated alkanes) is 3. The Morgan fingerprint density at radius 2 is 1.19 bits per heavy atom. The van der Waals surface area contributed by atoms with Gasteiger partial charge in [-0.15, -0.1) is 0 Å². The molecule has 4 aromatic carbocycles. The molecule has 1 fully saturated rings. The molecular formula is C91H138N20O17S2. The van der Waals surface area contributed by atoms with Crippen molar-refractivity contribution in [1.29, 1.82) is 0 Å². The standard InChI is InChI=1S/C91H138N20O17S2/c1-13-59-25-22-26-66-62(50-100-76(59)66)47-71-82(121)103-67(27-16-20-40-97-54(5)113)80(119)110-78(90(10,11)130-129-89(8,9)77(101-56(7)115)86(125)107-72(49-74(96)117)83(122)109-75(53(4)112)85(124)105-71)87(126)106-69(45-57-30-33-65(34-31-57)128-42-39-94)81(120)104-70(46-58-29-32-60-23-14-15-24-61(60)44-58)84(123)111-91(12,36-18-19-37-92)88(127)108-68(28-17-21-41-98-55(6)114)79(118)102-64(48-73(95)116)51-99-63(35-38-93)43-52(2)3/h14-15,22-26,29-34,44,50,52-53,63-64,67-72,75,77-78,99-100,112H,13,16-21,27-28,35-43,45-49,51,92-94H2,1-12H3,(H2,95,116)(H2,96,117)(H,97,113)(H,98,114)(H,101,115)(H,102,118)(H,103,121)(H,104,120)(H,105,124)(H,106,126)(H,107,125)(H,108,127)(H,109,122)(H,110,119)(H,111,123)/t53-,63+,64+,67+,68+,69+,70+,71+,72+,75+,77-,78-,91+/m1/s1. The highest BCUT2D eigenvalue weighted by atomic mass is 33.1. The topological polar surface area (TPSA) is 600 Å².